The summed E-state index contributed by atoms with van der Waals surface area (Å²) in [6.07, 6.45) is -1.32. The van der Waals surface area contributed by atoms with Gasteiger partial charge in [0.2, 0.25) is 42.1 Å². The van der Waals surface area contributed by atoms with E-state index in [9.17, 15) is 67.2 Å². The molecule has 36 heteroatoms. The van der Waals surface area contributed by atoms with Gasteiger partial charge in [-0.2, -0.15) is 29.9 Å². The van der Waals surface area contributed by atoms with Crippen LogP contribution in [0.15, 0.2) is 46.2 Å². The van der Waals surface area contributed by atoms with E-state index >= 15 is 0 Å². The Bertz CT molecular complexity index is 2770. The van der Waals surface area contributed by atoms with Crippen LogP contribution >= 0.6 is 0 Å². The molecule has 2 heterocycles. The van der Waals surface area contributed by atoms with Crippen LogP contribution in [0.4, 0.5) is 47.1 Å². The Morgan fingerprint density at radius 1 is 0.642 bits per heavy atom. The van der Waals surface area contributed by atoms with Crippen LogP contribution in [0.3, 0.4) is 0 Å². The molecule has 0 aliphatic heterocycles. The fourth-order valence-corrected chi connectivity index (χ4v) is 7.23. The zero-order valence-electron chi connectivity index (χ0n) is 36.6. The van der Waals surface area contributed by atoms with Crippen molar-refractivity contribution in [2.75, 3.05) is 82.4 Å². The molecule has 1 unspecified atom stereocenters. The third kappa shape index (κ3) is 21.8. The summed E-state index contributed by atoms with van der Waals surface area (Å²) in [7, 11) is -18.6. The predicted molar refractivity (Wildman–Crippen MR) is 218 cm³/mol. The summed E-state index contributed by atoms with van der Waals surface area (Å²) in [4.78, 5) is 24.6. The number of rotatable bonds is 23. The van der Waals surface area contributed by atoms with Gasteiger partial charge in [0, 0.05) is 44.6 Å². The molecular formula is C31H38N12Na4O16S4. The van der Waals surface area contributed by atoms with Gasteiger partial charge in [-0.15, -0.1) is 0 Å². The molecular weight excluding hydrogens is 1020 g/mol. The van der Waals surface area contributed by atoms with Crippen molar-refractivity contribution in [3.8, 4) is 0 Å². The average molecular weight is 1050 g/mol. The molecule has 4 rings (SSSR count). The number of benzene rings is 2. The quantitative estimate of drug-likeness (QED) is 0.0148. The minimum absolute atomic E-state index is 0. The Morgan fingerprint density at radius 3 is 1.52 bits per heavy atom. The summed E-state index contributed by atoms with van der Waals surface area (Å²) in [6, 6.07) is 6.48. The molecule has 346 valence electrons. The molecule has 0 radical (unpaired) electrons. The molecule has 0 fully saturated rings. The number of nitrogens with zero attached hydrogens (tertiary/aromatic N) is 8. The van der Waals surface area contributed by atoms with Crippen molar-refractivity contribution in [1.82, 2.24) is 29.9 Å². The molecule has 8 N–H and O–H groups in total. The van der Waals surface area contributed by atoms with Crippen LogP contribution in [-0.4, -0.2) is 166 Å². The number of aromatic nitrogens is 6. The minimum Gasteiger partial charge on any atom is -0.748 e. The SMILES string of the molecule is CCN(c1nc(Nc2ccc(C=Cc3ccc(Nc4nc(NCCS(=O)(=O)[O-])nc(NCC(O)CO)n4)cc3S(=O)(=O)[O-])c(S(=O)(=O)[O-])c2)nc(N(C)CCS(=O)(=O)[O-])n1)C(O)O.[Na+].[Na+].[Na+].[Na+]. The fourth-order valence-electron chi connectivity index (χ4n) is 4.99. The first kappa shape index (κ1) is 65.5. The molecule has 0 aliphatic carbocycles. The van der Waals surface area contributed by atoms with E-state index in [0.717, 1.165) is 46.2 Å². The number of nitrogens with one attached hydrogen (secondary N) is 4. The average Bonchev–Trinajstić information content (AvgIpc) is 3.17. The van der Waals surface area contributed by atoms with Gasteiger partial charge in [-0.3, -0.25) is 4.90 Å². The molecule has 2 aromatic heterocycles. The zero-order chi connectivity index (χ0) is 46.9. The van der Waals surface area contributed by atoms with Crippen LogP contribution in [-0.2, 0) is 40.5 Å². The Balaban J connectivity index is 0.0000109. The maximum atomic E-state index is 12.5. The normalized spacial score (nSPS) is 12.2. The molecule has 1 atom stereocenters. The van der Waals surface area contributed by atoms with Crippen molar-refractivity contribution in [1.29, 1.82) is 0 Å². The number of aliphatic hydroxyl groups excluding tert-OH is 3. The number of anilines is 8. The van der Waals surface area contributed by atoms with E-state index in [0.29, 0.717) is 0 Å². The van der Waals surface area contributed by atoms with Gasteiger partial charge in [0.1, 0.15) is 20.2 Å². The molecule has 28 nitrogen and oxygen atoms in total. The molecule has 67 heavy (non-hydrogen) atoms. The van der Waals surface area contributed by atoms with Crippen LogP contribution in [0.1, 0.15) is 18.1 Å². The number of hydrogen-bond acceptors (Lipinski definition) is 28. The summed E-state index contributed by atoms with van der Waals surface area (Å²) in [5, 5.41) is 48.8. The van der Waals surface area contributed by atoms with Gasteiger partial charge in [-0.25, -0.2) is 33.7 Å². The standard InChI is InChI=1S/C31H42N12O16S4.4Na/c1-3-43(31(46)47)30-40-28(39-29(41-30)42(2)11-13-61(51,52)53)35-21-9-7-19(24(15-21)63(57,58)59)5-4-18-6-8-20(14-23(18)62(54,55)56)34-27-37-25(32-10-12-60(48,49)50)36-26(38-27)33-16-22(45)17-44;;;;/h4-9,14-15,22,31,44-47H,3,10-13,16-17H2,1-2H3,(H,48,49,50)(H,51,52,53)(H,54,55,56)(H,57,58,59)(H,35,39,40,41)(H3,32,33,34,36,37,38);;;;/q;4*+1/p-4. The Morgan fingerprint density at radius 2 is 1.09 bits per heavy atom. The van der Waals surface area contributed by atoms with Gasteiger partial charge >= 0.3 is 118 Å². The van der Waals surface area contributed by atoms with Crippen molar-refractivity contribution < 1.29 is 191 Å². The van der Waals surface area contributed by atoms with Crippen molar-refractivity contribution in [3.63, 3.8) is 0 Å². The Hall–Kier alpha value is -1.52. The molecule has 0 amide bonds. The van der Waals surface area contributed by atoms with Gasteiger partial charge in [-0.1, -0.05) is 24.3 Å². The smallest absolute Gasteiger partial charge is 0.748 e. The van der Waals surface area contributed by atoms with Crippen LogP contribution in [0.2, 0.25) is 0 Å². The minimum atomic E-state index is -5.30. The summed E-state index contributed by atoms with van der Waals surface area (Å²) in [5.74, 6) is -3.52. The first-order chi connectivity index (χ1) is 29.2. The Kier molecular flexibility index (Phi) is 27.9. The molecule has 0 saturated heterocycles. The van der Waals surface area contributed by atoms with E-state index in [-0.39, 0.29) is 190 Å². The second-order valence-corrected chi connectivity index (χ2v) is 18.5. The van der Waals surface area contributed by atoms with Crippen LogP contribution in [0.25, 0.3) is 12.2 Å². The zero-order valence-corrected chi connectivity index (χ0v) is 47.9. The van der Waals surface area contributed by atoms with Crippen molar-refractivity contribution >= 4 is 99.7 Å². The summed E-state index contributed by atoms with van der Waals surface area (Å²) in [6.45, 7) is -0.277. The van der Waals surface area contributed by atoms with E-state index in [1.807, 2.05) is 0 Å². The summed E-state index contributed by atoms with van der Waals surface area (Å²) >= 11 is 0. The largest absolute Gasteiger partial charge is 1.00 e. The maximum absolute atomic E-state index is 12.5. The van der Waals surface area contributed by atoms with Gasteiger partial charge in [-0.05, 0) is 42.3 Å². The van der Waals surface area contributed by atoms with Gasteiger partial charge in [0.15, 0.2) is 0 Å². The van der Waals surface area contributed by atoms with Gasteiger partial charge in [0.25, 0.3) is 0 Å². The number of aliphatic hydroxyl groups is 4. The molecule has 2 aromatic carbocycles. The van der Waals surface area contributed by atoms with E-state index in [1.54, 1.807) is 0 Å². The van der Waals surface area contributed by atoms with Crippen molar-refractivity contribution in [2.45, 2.75) is 29.2 Å². The van der Waals surface area contributed by atoms with E-state index < -0.39 is 94.0 Å². The van der Waals surface area contributed by atoms with Crippen molar-refractivity contribution in [3.05, 3.63) is 47.5 Å². The summed E-state index contributed by atoms with van der Waals surface area (Å²) in [5.41, 5.74) is -0.808. The fraction of sp³-hybridized carbons (Fsp3) is 0.355. The summed E-state index contributed by atoms with van der Waals surface area (Å²) < 4.78 is 141. The third-order valence-corrected chi connectivity index (χ3v) is 11.2. The first-order valence-electron chi connectivity index (χ1n) is 17.7. The second kappa shape index (κ2) is 28.5. The number of hydrogen-bond donors (Lipinski definition) is 8. The van der Waals surface area contributed by atoms with E-state index in [2.05, 4.69) is 51.2 Å². The maximum Gasteiger partial charge on any atom is 1.00 e. The molecule has 4 aromatic rings. The van der Waals surface area contributed by atoms with E-state index in [4.69, 9.17) is 5.11 Å². The molecule has 0 bridgehead atoms. The molecule has 0 aliphatic rings. The Labute approximate surface area is 473 Å². The monoisotopic (exact) mass is 1050 g/mol. The van der Waals surface area contributed by atoms with Gasteiger partial charge < -0.3 is 64.8 Å². The molecule has 0 spiro atoms. The molecule has 0 saturated carbocycles. The van der Waals surface area contributed by atoms with Crippen molar-refractivity contribution in [2.24, 2.45) is 0 Å². The first-order valence-corrected chi connectivity index (χ1v) is 23.6. The topological polar surface area (TPSA) is 442 Å². The van der Waals surface area contributed by atoms with Crippen LogP contribution in [0, 0.1) is 0 Å². The van der Waals surface area contributed by atoms with Crippen LogP contribution in [0.5, 0.6) is 0 Å². The van der Waals surface area contributed by atoms with Crippen LogP contribution < -0.4 is 149 Å². The third-order valence-electron chi connectivity index (χ3n) is 8.00. The van der Waals surface area contributed by atoms with E-state index in [1.165, 1.54) is 26.1 Å². The van der Waals surface area contributed by atoms with Gasteiger partial charge in [0.05, 0.1) is 54.2 Å². The predicted octanol–water partition coefficient (Wildman–Crippen LogP) is -14.7. The second-order valence-electron chi connectivity index (χ2n) is 12.8.